The third kappa shape index (κ3) is 3.97. The first-order chi connectivity index (χ1) is 14.7. The van der Waals surface area contributed by atoms with Gasteiger partial charge in [-0.1, -0.05) is 24.3 Å². The maximum Gasteiger partial charge on any atom is 0.251 e. The van der Waals surface area contributed by atoms with Crippen LogP contribution in [-0.2, 0) is 0 Å². The molecular formula is C22H18N6O2. The van der Waals surface area contributed by atoms with E-state index < -0.39 is 0 Å². The lowest BCUT2D eigenvalue weighted by atomic mass is 10.0. The van der Waals surface area contributed by atoms with Crippen molar-refractivity contribution in [2.75, 3.05) is 18.5 Å². The summed E-state index contributed by atoms with van der Waals surface area (Å²) in [7, 11) is 0. The fraction of sp³-hybridized carbons (Fsp3) is 0.0909. The van der Waals surface area contributed by atoms with Gasteiger partial charge in [-0.15, -0.1) is 5.10 Å². The van der Waals surface area contributed by atoms with Crippen LogP contribution in [0.2, 0.25) is 0 Å². The Bertz CT molecular complexity index is 1260. The van der Waals surface area contributed by atoms with Crippen LogP contribution in [0.15, 0.2) is 66.9 Å². The molecule has 30 heavy (non-hydrogen) atoms. The monoisotopic (exact) mass is 398 g/mol. The van der Waals surface area contributed by atoms with Gasteiger partial charge in [0.1, 0.15) is 6.07 Å². The van der Waals surface area contributed by atoms with E-state index in [-0.39, 0.29) is 19.1 Å². The fourth-order valence-electron chi connectivity index (χ4n) is 3.03. The Hall–Kier alpha value is -4.22. The van der Waals surface area contributed by atoms with E-state index in [1.54, 1.807) is 40.9 Å². The zero-order chi connectivity index (χ0) is 20.9. The highest BCUT2D eigenvalue weighted by Gasteiger charge is 2.10. The minimum Gasteiger partial charge on any atom is -0.395 e. The normalized spacial score (nSPS) is 10.5. The number of amides is 1. The molecule has 2 aromatic carbocycles. The number of nitrogens with zero attached hydrogens (tertiary/aromatic N) is 4. The van der Waals surface area contributed by atoms with E-state index in [0.29, 0.717) is 28.4 Å². The largest absolute Gasteiger partial charge is 0.395 e. The molecule has 0 bridgehead atoms. The van der Waals surface area contributed by atoms with Gasteiger partial charge in [0.25, 0.3) is 5.91 Å². The second-order valence-electron chi connectivity index (χ2n) is 6.50. The highest BCUT2D eigenvalue weighted by Crippen LogP contribution is 2.23. The zero-order valence-electron chi connectivity index (χ0n) is 15.9. The van der Waals surface area contributed by atoms with Crippen LogP contribution < -0.4 is 10.6 Å². The number of aliphatic hydroxyl groups is 1. The van der Waals surface area contributed by atoms with Gasteiger partial charge in [0.15, 0.2) is 5.65 Å². The van der Waals surface area contributed by atoms with E-state index in [2.05, 4.69) is 26.8 Å². The molecule has 8 heteroatoms. The van der Waals surface area contributed by atoms with Crippen molar-refractivity contribution >= 4 is 23.2 Å². The van der Waals surface area contributed by atoms with Crippen molar-refractivity contribution in [1.82, 2.24) is 19.9 Å². The number of aliphatic hydroxyl groups excluding tert-OH is 1. The van der Waals surface area contributed by atoms with Crippen LogP contribution in [0.3, 0.4) is 0 Å². The summed E-state index contributed by atoms with van der Waals surface area (Å²) in [6.45, 7) is 0.0995. The number of nitrogens with one attached hydrogen (secondary N) is 2. The zero-order valence-corrected chi connectivity index (χ0v) is 15.9. The summed E-state index contributed by atoms with van der Waals surface area (Å²) < 4.78 is 1.64. The number of carbonyl (C=O) groups is 1. The third-order valence-electron chi connectivity index (χ3n) is 4.48. The topological polar surface area (TPSA) is 115 Å². The molecule has 0 aliphatic carbocycles. The van der Waals surface area contributed by atoms with Gasteiger partial charge in [-0.05, 0) is 42.0 Å². The van der Waals surface area contributed by atoms with Crippen LogP contribution >= 0.6 is 0 Å². The Balaban J connectivity index is 1.62. The van der Waals surface area contributed by atoms with Crippen molar-refractivity contribution in [2.45, 2.75) is 0 Å². The summed E-state index contributed by atoms with van der Waals surface area (Å²) in [5.41, 5.74) is 4.02. The van der Waals surface area contributed by atoms with Gasteiger partial charge in [-0.2, -0.15) is 10.2 Å². The van der Waals surface area contributed by atoms with Gasteiger partial charge < -0.3 is 15.7 Å². The maximum atomic E-state index is 12.1. The predicted molar refractivity (Wildman–Crippen MR) is 112 cm³/mol. The smallest absolute Gasteiger partial charge is 0.251 e. The van der Waals surface area contributed by atoms with Gasteiger partial charge in [0, 0.05) is 23.9 Å². The molecule has 4 rings (SSSR count). The van der Waals surface area contributed by atoms with E-state index >= 15 is 0 Å². The quantitative estimate of drug-likeness (QED) is 0.460. The number of rotatable bonds is 6. The molecule has 148 valence electrons. The molecule has 0 atom stereocenters. The molecular weight excluding hydrogens is 380 g/mol. The lowest BCUT2D eigenvalue weighted by Crippen LogP contribution is -2.26. The second-order valence-corrected chi connectivity index (χ2v) is 6.50. The van der Waals surface area contributed by atoms with Gasteiger partial charge in [-0.3, -0.25) is 4.79 Å². The molecule has 0 spiro atoms. The molecule has 0 unspecified atom stereocenters. The average molecular weight is 398 g/mol. The summed E-state index contributed by atoms with van der Waals surface area (Å²) in [4.78, 5) is 16.6. The van der Waals surface area contributed by atoms with E-state index in [0.717, 1.165) is 11.1 Å². The minimum atomic E-state index is -0.240. The average Bonchev–Trinajstić information content (AvgIpc) is 3.19. The third-order valence-corrected chi connectivity index (χ3v) is 4.48. The summed E-state index contributed by atoms with van der Waals surface area (Å²) in [6, 6.07) is 20.2. The van der Waals surface area contributed by atoms with Crippen molar-refractivity contribution < 1.29 is 9.90 Å². The van der Waals surface area contributed by atoms with Crippen molar-refractivity contribution in [2.24, 2.45) is 0 Å². The molecule has 0 radical (unpaired) electrons. The Morgan fingerprint density at radius 2 is 1.97 bits per heavy atom. The van der Waals surface area contributed by atoms with Crippen molar-refractivity contribution in [3.8, 4) is 17.2 Å². The molecule has 0 fully saturated rings. The van der Waals surface area contributed by atoms with Crippen LogP contribution in [-0.4, -0.2) is 38.8 Å². The number of carbonyl (C=O) groups excluding carboxylic acids is 1. The Morgan fingerprint density at radius 1 is 1.10 bits per heavy atom. The maximum absolute atomic E-state index is 12.1. The number of hydrogen-bond donors (Lipinski definition) is 3. The van der Waals surface area contributed by atoms with Gasteiger partial charge in [0.2, 0.25) is 5.95 Å². The Morgan fingerprint density at radius 3 is 2.80 bits per heavy atom. The Kier molecular flexibility index (Phi) is 5.37. The number of hydrogen-bond acceptors (Lipinski definition) is 6. The highest BCUT2D eigenvalue weighted by molar-refractivity contribution is 5.95. The van der Waals surface area contributed by atoms with E-state index in [1.165, 1.54) is 0 Å². The lowest BCUT2D eigenvalue weighted by Gasteiger charge is -2.06. The van der Waals surface area contributed by atoms with Crippen molar-refractivity contribution in [3.05, 3.63) is 78.0 Å². The first kappa shape index (κ1) is 19.1. The second kappa shape index (κ2) is 8.43. The first-order valence-corrected chi connectivity index (χ1v) is 9.30. The van der Waals surface area contributed by atoms with Crippen molar-refractivity contribution in [1.29, 1.82) is 5.26 Å². The molecule has 8 nitrogen and oxygen atoms in total. The summed E-state index contributed by atoms with van der Waals surface area (Å²) in [6.07, 6.45) is 1.83. The molecule has 1 amide bonds. The number of nitriles is 1. The number of fused-ring (bicyclic) bond motifs is 1. The minimum absolute atomic E-state index is 0.108. The number of aromatic nitrogens is 3. The van der Waals surface area contributed by atoms with E-state index in [9.17, 15) is 10.1 Å². The van der Waals surface area contributed by atoms with Crippen LogP contribution in [0.1, 0.15) is 15.9 Å². The number of pyridine rings is 1. The van der Waals surface area contributed by atoms with Gasteiger partial charge >= 0.3 is 0 Å². The standard InChI is InChI=1S/C22H18N6O2/c23-13-17-4-1-2-7-19(17)25-22-26-20-9-8-18(14-28(20)27-22)15-5-3-6-16(12-15)21(30)24-10-11-29/h1-9,12,14,29H,10-11H2,(H,24,30)(H,25,27). The molecule has 0 saturated heterocycles. The molecule has 4 aromatic rings. The molecule has 2 heterocycles. The molecule has 2 aromatic heterocycles. The molecule has 0 saturated carbocycles. The fourth-order valence-corrected chi connectivity index (χ4v) is 3.03. The van der Waals surface area contributed by atoms with Crippen LogP contribution in [0.4, 0.5) is 11.6 Å². The van der Waals surface area contributed by atoms with Gasteiger partial charge in [-0.25, -0.2) is 4.52 Å². The summed E-state index contributed by atoms with van der Waals surface area (Å²) in [5.74, 6) is 0.141. The molecule has 0 aliphatic heterocycles. The van der Waals surface area contributed by atoms with Crippen LogP contribution in [0.25, 0.3) is 16.8 Å². The van der Waals surface area contributed by atoms with Crippen LogP contribution in [0.5, 0.6) is 0 Å². The van der Waals surface area contributed by atoms with Crippen molar-refractivity contribution in [3.63, 3.8) is 0 Å². The van der Waals surface area contributed by atoms with E-state index in [4.69, 9.17) is 5.11 Å². The highest BCUT2D eigenvalue weighted by atomic mass is 16.3. The number of anilines is 2. The first-order valence-electron chi connectivity index (χ1n) is 9.30. The molecule has 3 N–H and O–H groups in total. The Labute approximate surface area is 172 Å². The number of benzene rings is 2. The predicted octanol–water partition coefficient (Wildman–Crippen LogP) is 2.73. The van der Waals surface area contributed by atoms with Crippen LogP contribution in [0, 0.1) is 11.3 Å². The SMILES string of the molecule is N#Cc1ccccc1Nc1nc2ccc(-c3cccc(C(=O)NCCO)c3)cn2n1. The summed E-state index contributed by atoms with van der Waals surface area (Å²) in [5, 5.41) is 28.3. The summed E-state index contributed by atoms with van der Waals surface area (Å²) >= 11 is 0. The molecule has 0 aliphatic rings. The van der Waals surface area contributed by atoms with E-state index in [1.807, 2.05) is 30.5 Å². The lowest BCUT2D eigenvalue weighted by molar-refractivity contribution is 0.0945. The number of para-hydroxylation sites is 1. The van der Waals surface area contributed by atoms with Gasteiger partial charge in [0.05, 0.1) is 17.9 Å².